The van der Waals surface area contributed by atoms with Crippen molar-refractivity contribution < 1.29 is 9.53 Å². The van der Waals surface area contributed by atoms with Gasteiger partial charge in [-0.05, 0) is 49.9 Å². The summed E-state index contributed by atoms with van der Waals surface area (Å²) in [6.07, 6.45) is 5.51. The Labute approximate surface area is 105 Å². The summed E-state index contributed by atoms with van der Waals surface area (Å²) in [6, 6.07) is 0. The first kappa shape index (κ1) is 13.1. The van der Waals surface area contributed by atoms with Gasteiger partial charge in [0, 0.05) is 25.6 Å². The second-order valence-electron chi connectivity index (χ2n) is 6.20. The van der Waals surface area contributed by atoms with Gasteiger partial charge < -0.3 is 4.74 Å². The summed E-state index contributed by atoms with van der Waals surface area (Å²) < 4.78 is 5.57. The topological polar surface area (TPSA) is 26.3 Å². The van der Waals surface area contributed by atoms with Gasteiger partial charge in [0.2, 0.25) is 0 Å². The van der Waals surface area contributed by atoms with E-state index in [4.69, 9.17) is 4.74 Å². The summed E-state index contributed by atoms with van der Waals surface area (Å²) in [5.74, 6) is 2.16. The summed E-state index contributed by atoms with van der Waals surface area (Å²) in [4.78, 5) is 12.0. The highest BCUT2D eigenvalue weighted by Crippen LogP contribution is 2.56. The predicted octanol–water partition coefficient (Wildman–Crippen LogP) is 3.44. The molecule has 2 heteroatoms. The van der Waals surface area contributed by atoms with E-state index in [1.807, 2.05) is 0 Å². The highest BCUT2D eigenvalue weighted by Gasteiger charge is 2.52. The van der Waals surface area contributed by atoms with Crippen LogP contribution in [0, 0.1) is 23.2 Å². The number of carbonyl (C=O) groups excluding carboxylic acids is 1. The number of Topliss-reactive ketones (excluding diaryl/α,β-unsaturated/α-hetero) is 1. The van der Waals surface area contributed by atoms with Crippen molar-refractivity contribution in [2.75, 3.05) is 13.2 Å². The molecule has 0 radical (unpaired) electrons. The van der Waals surface area contributed by atoms with Gasteiger partial charge in [-0.2, -0.15) is 0 Å². The van der Waals surface area contributed by atoms with E-state index in [0.29, 0.717) is 23.5 Å². The first-order chi connectivity index (χ1) is 8.09. The molecule has 2 nitrogen and oxygen atoms in total. The van der Waals surface area contributed by atoms with E-state index < -0.39 is 0 Å². The summed E-state index contributed by atoms with van der Waals surface area (Å²) in [5.41, 5.74) is 0.270. The fraction of sp³-hybridized carbons (Fsp3) is 0.933. The Morgan fingerprint density at radius 1 is 1.47 bits per heavy atom. The molecule has 0 spiro atoms. The lowest BCUT2D eigenvalue weighted by Crippen LogP contribution is -2.40. The highest BCUT2D eigenvalue weighted by atomic mass is 16.5. The summed E-state index contributed by atoms with van der Waals surface area (Å²) in [6.45, 7) is 8.37. The van der Waals surface area contributed by atoms with Crippen LogP contribution in [-0.2, 0) is 9.53 Å². The van der Waals surface area contributed by atoms with Crippen LogP contribution in [0.3, 0.4) is 0 Å². The lowest BCUT2D eigenvalue weighted by molar-refractivity contribution is -0.130. The van der Waals surface area contributed by atoms with Gasteiger partial charge >= 0.3 is 0 Å². The van der Waals surface area contributed by atoms with Crippen LogP contribution in [-0.4, -0.2) is 19.0 Å². The van der Waals surface area contributed by atoms with Crippen molar-refractivity contribution in [3.05, 3.63) is 0 Å². The molecule has 17 heavy (non-hydrogen) atoms. The molecule has 2 aliphatic carbocycles. The zero-order chi connectivity index (χ0) is 12.5. The Kier molecular flexibility index (Phi) is 3.92. The molecule has 0 aromatic rings. The van der Waals surface area contributed by atoms with Crippen molar-refractivity contribution in [3.63, 3.8) is 0 Å². The van der Waals surface area contributed by atoms with Gasteiger partial charge in [-0.15, -0.1) is 0 Å². The van der Waals surface area contributed by atoms with Gasteiger partial charge in [0.1, 0.15) is 5.78 Å². The van der Waals surface area contributed by atoms with Crippen molar-refractivity contribution in [2.45, 2.75) is 52.9 Å². The van der Waals surface area contributed by atoms with Gasteiger partial charge in [0.25, 0.3) is 0 Å². The van der Waals surface area contributed by atoms with Crippen molar-refractivity contribution in [3.8, 4) is 0 Å². The average molecular weight is 238 g/mol. The van der Waals surface area contributed by atoms with E-state index >= 15 is 0 Å². The Balaban J connectivity index is 2.07. The smallest absolute Gasteiger partial charge is 0.136 e. The molecule has 0 amide bonds. The predicted molar refractivity (Wildman–Crippen MR) is 68.8 cm³/mol. The zero-order valence-electron chi connectivity index (χ0n) is 11.5. The lowest BCUT2D eigenvalue weighted by Gasteiger charge is -2.42. The summed E-state index contributed by atoms with van der Waals surface area (Å²) >= 11 is 0. The molecular formula is C15H26O2. The van der Waals surface area contributed by atoms with Gasteiger partial charge in [0.05, 0.1) is 0 Å². The number of hydrogen-bond acceptors (Lipinski definition) is 2. The number of rotatable bonds is 4. The zero-order valence-corrected chi connectivity index (χ0v) is 11.5. The molecule has 0 unspecified atom stereocenters. The minimum Gasteiger partial charge on any atom is -0.381 e. The van der Waals surface area contributed by atoms with Crippen LogP contribution in [0.4, 0.5) is 0 Å². The number of ether oxygens (including phenoxy) is 1. The Hall–Kier alpha value is -0.370. The number of fused-ring (bicyclic) bond motifs is 1. The van der Waals surface area contributed by atoms with Crippen molar-refractivity contribution in [1.82, 2.24) is 0 Å². The molecule has 0 aliphatic heterocycles. The molecule has 98 valence electrons. The number of ketones is 1. The molecule has 2 rings (SSSR count). The largest absolute Gasteiger partial charge is 0.381 e. The first-order valence-electron chi connectivity index (χ1n) is 7.20. The van der Waals surface area contributed by atoms with Gasteiger partial charge in [-0.25, -0.2) is 0 Å². The SMILES string of the molecule is CCOC[C@@H](C)[C@H]1CC[C@H]2C(=O)CCC[C@]12C. The second-order valence-corrected chi connectivity index (χ2v) is 6.20. The van der Waals surface area contributed by atoms with E-state index in [2.05, 4.69) is 20.8 Å². The van der Waals surface area contributed by atoms with Crippen LogP contribution >= 0.6 is 0 Å². The first-order valence-corrected chi connectivity index (χ1v) is 7.20. The molecule has 4 atom stereocenters. The van der Waals surface area contributed by atoms with Crippen molar-refractivity contribution in [1.29, 1.82) is 0 Å². The fourth-order valence-electron chi connectivity index (χ4n) is 4.32. The molecule has 0 aromatic carbocycles. The van der Waals surface area contributed by atoms with E-state index in [1.54, 1.807) is 0 Å². The quantitative estimate of drug-likeness (QED) is 0.750. The Morgan fingerprint density at radius 2 is 2.24 bits per heavy atom. The maximum absolute atomic E-state index is 12.0. The van der Waals surface area contributed by atoms with Gasteiger partial charge in [-0.1, -0.05) is 13.8 Å². The van der Waals surface area contributed by atoms with E-state index in [1.165, 1.54) is 12.8 Å². The molecular weight excluding hydrogens is 212 g/mol. The van der Waals surface area contributed by atoms with E-state index in [9.17, 15) is 4.79 Å². The molecule has 2 saturated carbocycles. The molecule has 0 aromatic heterocycles. The third-order valence-corrected chi connectivity index (χ3v) is 5.21. The minimum absolute atomic E-state index is 0.270. The normalized spacial score (nSPS) is 39.1. The Bertz CT molecular complexity index is 287. The standard InChI is InChI=1S/C15H26O2/c1-4-17-10-11(2)12-7-8-13-14(16)6-5-9-15(12,13)3/h11-13H,4-10H2,1-3H3/t11-,12-,13+,15-/m1/s1. The molecule has 2 aliphatic rings. The molecule has 0 saturated heterocycles. The monoisotopic (exact) mass is 238 g/mol. The van der Waals surface area contributed by atoms with Crippen LogP contribution in [0.1, 0.15) is 52.9 Å². The highest BCUT2D eigenvalue weighted by molar-refractivity contribution is 5.83. The third kappa shape index (κ3) is 2.29. The van der Waals surface area contributed by atoms with Crippen LogP contribution in [0.5, 0.6) is 0 Å². The van der Waals surface area contributed by atoms with Gasteiger partial charge in [0.15, 0.2) is 0 Å². The third-order valence-electron chi connectivity index (χ3n) is 5.21. The van der Waals surface area contributed by atoms with Crippen LogP contribution in [0.25, 0.3) is 0 Å². The molecule has 0 N–H and O–H groups in total. The summed E-state index contributed by atoms with van der Waals surface area (Å²) in [7, 11) is 0. The maximum atomic E-state index is 12.0. The van der Waals surface area contributed by atoms with Crippen molar-refractivity contribution >= 4 is 5.78 Å². The minimum atomic E-state index is 0.270. The van der Waals surface area contributed by atoms with E-state index in [0.717, 1.165) is 32.5 Å². The van der Waals surface area contributed by atoms with Crippen LogP contribution in [0.2, 0.25) is 0 Å². The number of carbonyl (C=O) groups is 1. The number of hydrogen-bond donors (Lipinski definition) is 0. The van der Waals surface area contributed by atoms with Crippen LogP contribution < -0.4 is 0 Å². The molecule has 0 bridgehead atoms. The summed E-state index contributed by atoms with van der Waals surface area (Å²) in [5, 5.41) is 0. The molecule has 2 fully saturated rings. The molecule has 0 heterocycles. The van der Waals surface area contributed by atoms with E-state index in [-0.39, 0.29) is 5.41 Å². The fourth-order valence-corrected chi connectivity index (χ4v) is 4.32. The van der Waals surface area contributed by atoms with Crippen molar-refractivity contribution in [2.24, 2.45) is 23.2 Å². The lowest BCUT2D eigenvalue weighted by atomic mass is 9.62. The second kappa shape index (κ2) is 5.09. The Morgan fingerprint density at radius 3 is 2.94 bits per heavy atom. The van der Waals surface area contributed by atoms with Gasteiger partial charge in [-0.3, -0.25) is 4.79 Å². The maximum Gasteiger partial charge on any atom is 0.136 e. The average Bonchev–Trinajstić information content (AvgIpc) is 2.64. The van der Waals surface area contributed by atoms with Crippen LogP contribution in [0.15, 0.2) is 0 Å².